The fourth-order valence-corrected chi connectivity index (χ4v) is 5.85. The van der Waals surface area contributed by atoms with Gasteiger partial charge in [-0.25, -0.2) is 0 Å². The molecule has 23 heavy (non-hydrogen) atoms. The summed E-state index contributed by atoms with van der Waals surface area (Å²) in [6.45, 7) is 24.0. The molecule has 0 saturated heterocycles. The van der Waals surface area contributed by atoms with E-state index in [1.165, 1.54) is 19.3 Å². The van der Waals surface area contributed by atoms with Crippen molar-refractivity contribution in [1.82, 2.24) is 0 Å². The molecule has 2 aliphatic carbocycles. The molecule has 0 aliphatic heterocycles. The minimum atomic E-state index is -1.74. The summed E-state index contributed by atoms with van der Waals surface area (Å²) in [6.07, 6.45) is 6.81. The molecule has 2 aliphatic rings. The van der Waals surface area contributed by atoms with Gasteiger partial charge in [0, 0.05) is 0 Å². The van der Waals surface area contributed by atoms with Gasteiger partial charge < -0.3 is 4.43 Å². The van der Waals surface area contributed by atoms with E-state index in [4.69, 9.17) is 4.43 Å². The maximum atomic E-state index is 7.04. The summed E-state index contributed by atoms with van der Waals surface area (Å²) in [7, 11) is -1.74. The van der Waals surface area contributed by atoms with Crippen molar-refractivity contribution in [3.8, 4) is 0 Å². The van der Waals surface area contributed by atoms with Crippen molar-refractivity contribution in [2.45, 2.75) is 98.9 Å². The monoisotopic (exact) mass is 336 g/mol. The highest BCUT2D eigenvalue weighted by Crippen LogP contribution is 2.57. The van der Waals surface area contributed by atoms with E-state index in [1.54, 1.807) is 5.57 Å². The molecule has 134 valence electrons. The third-order valence-corrected chi connectivity index (χ3v) is 11.8. The van der Waals surface area contributed by atoms with Crippen LogP contribution in [0.15, 0.2) is 11.6 Å². The van der Waals surface area contributed by atoms with Gasteiger partial charge in [-0.2, -0.15) is 0 Å². The Labute approximate surface area is 146 Å². The van der Waals surface area contributed by atoms with Crippen LogP contribution in [0.1, 0.15) is 74.7 Å². The van der Waals surface area contributed by atoms with E-state index in [0.29, 0.717) is 28.8 Å². The van der Waals surface area contributed by atoms with Gasteiger partial charge in [0.05, 0.1) is 6.10 Å². The fourth-order valence-electron chi connectivity index (χ4n) is 4.43. The molecular formula is C21H40OSi. The van der Waals surface area contributed by atoms with Gasteiger partial charge in [0.25, 0.3) is 0 Å². The van der Waals surface area contributed by atoms with Crippen LogP contribution in [-0.4, -0.2) is 14.4 Å². The Kier molecular flexibility index (Phi) is 4.79. The zero-order valence-corrected chi connectivity index (χ0v) is 18.3. The van der Waals surface area contributed by atoms with E-state index in [0.717, 1.165) is 0 Å². The average Bonchev–Trinajstić information content (AvgIpc) is 2.31. The van der Waals surface area contributed by atoms with E-state index in [-0.39, 0.29) is 5.04 Å². The van der Waals surface area contributed by atoms with Gasteiger partial charge in [-0.3, -0.25) is 0 Å². The largest absolute Gasteiger partial charge is 0.413 e. The van der Waals surface area contributed by atoms with Gasteiger partial charge in [-0.15, -0.1) is 0 Å². The minimum Gasteiger partial charge on any atom is -0.413 e. The van der Waals surface area contributed by atoms with Gasteiger partial charge in [0.15, 0.2) is 8.32 Å². The summed E-state index contributed by atoms with van der Waals surface area (Å²) in [5, 5.41) is 0.284. The molecule has 0 amide bonds. The second kappa shape index (κ2) is 5.73. The number of rotatable bonds is 2. The van der Waals surface area contributed by atoms with Crippen LogP contribution in [0.2, 0.25) is 18.1 Å². The molecule has 1 fully saturated rings. The fraction of sp³-hybridized carbons (Fsp3) is 0.905. The van der Waals surface area contributed by atoms with Crippen molar-refractivity contribution >= 4 is 8.32 Å². The topological polar surface area (TPSA) is 9.23 Å². The molecule has 0 bridgehead atoms. The number of fused-ring (bicyclic) bond motifs is 1. The summed E-state index contributed by atoms with van der Waals surface area (Å²) in [6, 6.07) is 0. The summed E-state index contributed by atoms with van der Waals surface area (Å²) >= 11 is 0. The van der Waals surface area contributed by atoms with Gasteiger partial charge >= 0.3 is 0 Å². The number of allylic oxidation sites excluding steroid dienone is 2. The quantitative estimate of drug-likeness (QED) is 0.398. The molecule has 0 aromatic rings. The molecule has 0 radical (unpaired) electrons. The van der Waals surface area contributed by atoms with E-state index in [2.05, 4.69) is 74.6 Å². The predicted molar refractivity (Wildman–Crippen MR) is 104 cm³/mol. The molecule has 0 heterocycles. The zero-order chi connectivity index (χ0) is 17.8. The molecule has 2 heteroatoms. The van der Waals surface area contributed by atoms with Crippen LogP contribution in [-0.2, 0) is 4.43 Å². The highest BCUT2D eigenvalue weighted by Gasteiger charge is 2.53. The molecule has 0 N–H and O–H groups in total. The third kappa shape index (κ3) is 3.63. The second-order valence-corrected chi connectivity index (χ2v) is 15.8. The van der Waals surface area contributed by atoms with Gasteiger partial charge in [0.2, 0.25) is 0 Å². The predicted octanol–water partition coefficient (Wildman–Crippen LogP) is 6.81. The van der Waals surface area contributed by atoms with Crippen LogP contribution >= 0.6 is 0 Å². The van der Waals surface area contributed by atoms with E-state index in [1.807, 2.05) is 0 Å². The molecule has 0 unspecified atom stereocenters. The smallest absolute Gasteiger partial charge is 0.192 e. The zero-order valence-electron chi connectivity index (χ0n) is 17.3. The number of hydrogen-bond donors (Lipinski definition) is 0. The average molecular weight is 337 g/mol. The van der Waals surface area contributed by atoms with Gasteiger partial charge in [-0.05, 0) is 67.0 Å². The molecule has 0 aromatic heterocycles. The molecular weight excluding hydrogens is 296 g/mol. The van der Waals surface area contributed by atoms with Crippen molar-refractivity contribution in [3.05, 3.63) is 11.6 Å². The molecule has 4 atom stereocenters. The minimum absolute atomic E-state index is 0.284. The molecule has 0 spiro atoms. The van der Waals surface area contributed by atoms with Crippen LogP contribution in [0.4, 0.5) is 0 Å². The Balaban J connectivity index is 2.37. The highest BCUT2D eigenvalue weighted by atomic mass is 28.4. The first-order valence-corrected chi connectivity index (χ1v) is 12.4. The van der Waals surface area contributed by atoms with Crippen molar-refractivity contribution in [2.24, 2.45) is 22.7 Å². The van der Waals surface area contributed by atoms with Crippen molar-refractivity contribution in [2.75, 3.05) is 0 Å². The first kappa shape index (κ1) is 19.2. The summed E-state index contributed by atoms with van der Waals surface area (Å²) < 4.78 is 7.04. The summed E-state index contributed by atoms with van der Waals surface area (Å²) in [4.78, 5) is 0. The molecule has 2 rings (SSSR count). The van der Waals surface area contributed by atoms with Gasteiger partial charge in [-0.1, -0.05) is 60.1 Å². The summed E-state index contributed by atoms with van der Waals surface area (Å²) in [5.74, 6) is 1.38. The Bertz CT molecular complexity index is 483. The molecule has 1 saturated carbocycles. The standard InChI is InChI=1S/C21H40OSi/c1-15-11-17-13-20(6,7)14-18(21(17,8)12-16(15)2)22-23(9,10)19(3,4)5/h11,16-18H,12-14H2,1-10H3/t16-,17-,18+,21+/m1/s1. The lowest BCUT2D eigenvalue weighted by Crippen LogP contribution is -2.56. The van der Waals surface area contributed by atoms with Crippen LogP contribution in [0.25, 0.3) is 0 Å². The van der Waals surface area contributed by atoms with Crippen LogP contribution < -0.4 is 0 Å². The Morgan fingerprint density at radius 2 is 1.65 bits per heavy atom. The first-order chi connectivity index (χ1) is 10.2. The van der Waals surface area contributed by atoms with Crippen molar-refractivity contribution < 1.29 is 4.43 Å². The normalized spacial score (nSPS) is 38.0. The Morgan fingerprint density at radius 1 is 1.09 bits per heavy atom. The van der Waals surface area contributed by atoms with Crippen molar-refractivity contribution in [1.29, 1.82) is 0 Å². The Hall–Kier alpha value is -0.0831. The highest BCUT2D eigenvalue weighted by molar-refractivity contribution is 6.74. The SMILES string of the molecule is CC1=C[C@@H]2CC(C)(C)C[C@H](O[Si](C)(C)C(C)(C)C)[C@@]2(C)C[C@H]1C. The van der Waals surface area contributed by atoms with Crippen LogP contribution in [0.3, 0.4) is 0 Å². The van der Waals surface area contributed by atoms with E-state index in [9.17, 15) is 0 Å². The van der Waals surface area contributed by atoms with Gasteiger partial charge in [0.1, 0.15) is 0 Å². The van der Waals surface area contributed by atoms with E-state index < -0.39 is 8.32 Å². The maximum Gasteiger partial charge on any atom is 0.192 e. The maximum absolute atomic E-state index is 7.04. The molecule has 1 nitrogen and oxygen atoms in total. The van der Waals surface area contributed by atoms with Crippen LogP contribution in [0, 0.1) is 22.7 Å². The van der Waals surface area contributed by atoms with Crippen molar-refractivity contribution in [3.63, 3.8) is 0 Å². The molecule has 0 aromatic carbocycles. The second-order valence-electron chi connectivity index (χ2n) is 11.1. The summed E-state index contributed by atoms with van der Waals surface area (Å²) in [5.41, 5.74) is 2.29. The third-order valence-electron chi connectivity index (χ3n) is 7.32. The van der Waals surface area contributed by atoms with Crippen LogP contribution in [0.5, 0.6) is 0 Å². The van der Waals surface area contributed by atoms with E-state index >= 15 is 0 Å². The number of hydrogen-bond acceptors (Lipinski definition) is 1. The lowest BCUT2D eigenvalue weighted by molar-refractivity contribution is -0.0764. The Morgan fingerprint density at radius 3 is 2.17 bits per heavy atom. The first-order valence-electron chi connectivity index (χ1n) is 9.54. The lowest BCUT2D eigenvalue weighted by atomic mass is 9.53. The lowest BCUT2D eigenvalue weighted by Gasteiger charge is -2.57.